The van der Waals surface area contributed by atoms with Crippen molar-refractivity contribution in [2.75, 3.05) is 11.9 Å². The van der Waals surface area contributed by atoms with Crippen molar-refractivity contribution in [2.24, 2.45) is 17.3 Å². The molecule has 5 fully saturated rings. The Hall–Kier alpha value is -1.56. The zero-order chi connectivity index (χ0) is 19.4. The van der Waals surface area contributed by atoms with Crippen LogP contribution in [0.15, 0.2) is 12.3 Å². The zero-order valence-electron chi connectivity index (χ0n) is 16.2. The predicted octanol–water partition coefficient (Wildman–Crippen LogP) is 4.06. The average molecular weight is 406 g/mol. The first-order valence-electron chi connectivity index (χ1n) is 10.6. The molecule has 7 heteroatoms. The normalized spacial score (nSPS) is 36.6. The minimum Gasteiger partial charge on any atom is -0.455 e. The second kappa shape index (κ2) is 6.75. The highest BCUT2D eigenvalue weighted by atomic mass is 35.5. The van der Waals surface area contributed by atoms with Gasteiger partial charge in [-0.25, -0.2) is 4.68 Å². The number of amides is 1. The van der Waals surface area contributed by atoms with E-state index in [9.17, 15) is 9.59 Å². The van der Waals surface area contributed by atoms with Crippen LogP contribution >= 0.6 is 11.6 Å². The first-order chi connectivity index (χ1) is 13.4. The minimum atomic E-state index is -0.474. The molecule has 0 aliphatic heterocycles. The highest BCUT2D eigenvalue weighted by Gasteiger charge is 2.60. The molecule has 0 radical (unpaired) electrons. The van der Waals surface area contributed by atoms with Gasteiger partial charge in [-0.05, 0) is 63.2 Å². The van der Waals surface area contributed by atoms with Gasteiger partial charge < -0.3 is 10.1 Å². The molecule has 1 aromatic heterocycles. The third-order valence-corrected chi connectivity index (χ3v) is 7.81. The number of nitrogens with one attached hydrogen (secondary N) is 1. The van der Waals surface area contributed by atoms with Gasteiger partial charge in [0.2, 0.25) is 0 Å². The summed E-state index contributed by atoms with van der Waals surface area (Å²) in [6.07, 6.45) is 11.9. The highest BCUT2D eigenvalue weighted by molar-refractivity contribution is 6.24. The summed E-state index contributed by atoms with van der Waals surface area (Å²) in [5, 5.41) is 7.22. The van der Waals surface area contributed by atoms with Crippen molar-refractivity contribution in [1.82, 2.24) is 9.78 Å². The number of nitrogens with zero attached hydrogens (tertiary/aromatic N) is 2. The molecule has 1 amide bonds. The SMILES string of the molecule is O=C(COC(=O)C12C[C@@H]3C[C@@H](CC(Cl)(C3)C1)C2)Nc1ccnn1C1CCCC1. The van der Waals surface area contributed by atoms with E-state index in [4.69, 9.17) is 16.3 Å². The first-order valence-corrected chi connectivity index (χ1v) is 11.0. The molecule has 5 aliphatic carbocycles. The molecule has 4 atom stereocenters. The quantitative estimate of drug-likeness (QED) is 0.592. The Morgan fingerprint density at radius 1 is 1.21 bits per heavy atom. The highest BCUT2D eigenvalue weighted by Crippen LogP contribution is 2.64. The standard InChI is InChI=1S/C21H28ClN3O3/c22-21-10-14-7-15(11-21)9-20(8-14,13-21)19(27)28-12-18(26)24-17-5-6-23-25(17)16-3-1-2-4-16/h5-6,14-16H,1-4,7-13H2,(H,24,26)/t14-,15+,20?,21?. The average Bonchev–Trinajstić information content (AvgIpc) is 3.28. The summed E-state index contributed by atoms with van der Waals surface area (Å²) in [4.78, 5) is 25.1. The van der Waals surface area contributed by atoms with Gasteiger partial charge in [-0.3, -0.25) is 9.59 Å². The van der Waals surface area contributed by atoms with E-state index in [1.54, 1.807) is 12.3 Å². The maximum Gasteiger partial charge on any atom is 0.312 e. The number of alkyl halides is 1. The van der Waals surface area contributed by atoms with Crippen LogP contribution in [0.2, 0.25) is 0 Å². The van der Waals surface area contributed by atoms with Gasteiger partial charge in [0.25, 0.3) is 5.91 Å². The van der Waals surface area contributed by atoms with Gasteiger partial charge in [-0.1, -0.05) is 12.8 Å². The van der Waals surface area contributed by atoms with Gasteiger partial charge in [0.15, 0.2) is 6.61 Å². The van der Waals surface area contributed by atoms with Crippen molar-refractivity contribution in [3.05, 3.63) is 12.3 Å². The second-order valence-corrected chi connectivity index (χ2v) is 10.4. The van der Waals surface area contributed by atoms with Gasteiger partial charge in [-0.15, -0.1) is 11.6 Å². The number of anilines is 1. The number of ether oxygens (including phenoxy) is 1. The number of aromatic nitrogens is 2. The Morgan fingerprint density at radius 3 is 2.61 bits per heavy atom. The smallest absolute Gasteiger partial charge is 0.312 e. The summed E-state index contributed by atoms with van der Waals surface area (Å²) in [5.41, 5.74) is -0.474. The van der Waals surface area contributed by atoms with Crippen molar-refractivity contribution < 1.29 is 14.3 Å². The van der Waals surface area contributed by atoms with E-state index in [2.05, 4.69) is 10.4 Å². The van der Waals surface area contributed by atoms with E-state index in [0.717, 1.165) is 38.5 Å². The van der Waals surface area contributed by atoms with Crippen LogP contribution in [0.4, 0.5) is 5.82 Å². The fourth-order valence-corrected chi connectivity index (χ4v) is 7.40. The number of rotatable bonds is 5. The molecule has 6 nitrogen and oxygen atoms in total. The lowest BCUT2D eigenvalue weighted by atomic mass is 9.49. The third kappa shape index (κ3) is 3.23. The monoisotopic (exact) mass is 405 g/mol. The molecule has 152 valence electrons. The van der Waals surface area contributed by atoms with E-state index < -0.39 is 5.41 Å². The fourth-order valence-electron chi connectivity index (χ4n) is 6.71. The van der Waals surface area contributed by atoms with Crippen molar-refractivity contribution in [3.63, 3.8) is 0 Å². The topological polar surface area (TPSA) is 73.2 Å². The summed E-state index contributed by atoms with van der Waals surface area (Å²) in [5.74, 6) is 1.20. The van der Waals surface area contributed by atoms with Crippen molar-refractivity contribution in [1.29, 1.82) is 0 Å². The molecule has 0 saturated heterocycles. The van der Waals surface area contributed by atoms with Gasteiger partial charge in [0, 0.05) is 10.9 Å². The number of carbonyl (C=O) groups is 2. The van der Waals surface area contributed by atoms with E-state index in [0.29, 0.717) is 30.1 Å². The zero-order valence-corrected chi connectivity index (χ0v) is 16.9. The molecule has 0 aromatic carbocycles. The Labute approximate surface area is 170 Å². The van der Waals surface area contributed by atoms with Crippen LogP contribution in [0.3, 0.4) is 0 Å². The summed E-state index contributed by atoms with van der Waals surface area (Å²) in [6, 6.07) is 2.15. The molecule has 6 rings (SSSR count). The van der Waals surface area contributed by atoms with Crippen LogP contribution in [-0.2, 0) is 14.3 Å². The van der Waals surface area contributed by atoms with Crippen molar-refractivity contribution in [3.8, 4) is 0 Å². The Balaban J connectivity index is 1.20. The summed E-state index contributed by atoms with van der Waals surface area (Å²) in [7, 11) is 0. The van der Waals surface area contributed by atoms with Crippen molar-refractivity contribution in [2.45, 2.75) is 75.1 Å². The number of halogens is 1. The second-order valence-electron chi connectivity index (χ2n) is 9.62. The molecular formula is C21H28ClN3O3. The minimum absolute atomic E-state index is 0.230. The van der Waals surface area contributed by atoms with Crippen LogP contribution in [0.5, 0.6) is 0 Å². The molecule has 5 aliphatic rings. The van der Waals surface area contributed by atoms with Crippen molar-refractivity contribution >= 4 is 29.3 Å². The fraction of sp³-hybridized carbons (Fsp3) is 0.762. The lowest BCUT2D eigenvalue weighted by molar-refractivity contribution is -0.171. The molecule has 28 heavy (non-hydrogen) atoms. The summed E-state index contributed by atoms with van der Waals surface area (Å²) < 4.78 is 7.40. The molecule has 1 heterocycles. The van der Waals surface area contributed by atoms with Gasteiger partial charge in [0.05, 0.1) is 17.7 Å². The number of hydrogen-bond acceptors (Lipinski definition) is 4. The molecule has 5 saturated carbocycles. The molecular weight excluding hydrogens is 378 g/mol. The van der Waals surface area contributed by atoms with Crippen LogP contribution in [-0.4, -0.2) is 33.1 Å². The predicted molar refractivity (Wildman–Crippen MR) is 105 cm³/mol. The molecule has 0 spiro atoms. The molecule has 4 bridgehead atoms. The first kappa shape index (κ1) is 18.5. The van der Waals surface area contributed by atoms with Gasteiger partial charge in [0.1, 0.15) is 5.82 Å². The lowest BCUT2D eigenvalue weighted by Gasteiger charge is -2.58. The van der Waals surface area contributed by atoms with E-state index in [-0.39, 0.29) is 23.4 Å². The number of hydrogen-bond donors (Lipinski definition) is 1. The molecule has 1 N–H and O–H groups in total. The van der Waals surface area contributed by atoms with E-state index in [1.165, 1.54) is 19.3 Å². The van der Waals surface area contributed by atoms with Crippen LogP contribution < -0.4 is 5.32 Å². The summed E-state index contributed by atoms with van der Waals surface area (Å²) >= 11 is 6.80. The van der Waals surface area contributed by atoms with Crippen LogP contribution in [0.25, 0.3) is 0 Å². The third-order valence-electron chi connectivity index (χ3n) is 7.37. The Kier molecular flexibility index (Phi) is 4.45. The largest absolute Gasteiger partial charge is 0.455 e. The lowest BCUT2D eigenvalue weighted by Crippen LogP contribution is -2.56. The molecule has 1 aromatic rings. The summed E-state index contributed by atoms with van der Waals surface area (Å²) in [6.45, 7) is -0.249. The van der Waals surface area contributed by atoms with E-state index in [1.807, 2.05) is 4.68 Å². The van der Waals surface area contributed by atoms with Crippen LogP contribution in [0.1, 0.15) is 70.3 Å². The molecule has 2 unspecified atom stereocenters. The number of carbonyl (C=O) groups excluding carboxylic acids is 2. The number of esters is 1. The van der Waals surface area contributed by atoms with Crippen LogP contribution in [0, 0.1) is 17.3 Å². The van der Waals surface area contributed by atoms with E-state index >= 15 is 0 Å². The Morgan fingerprint density at radius 2 is 1.93 bits per heavy atom. The van der Waals surface area contributed by atoms with Gasteiger partial charge >= 0.3 is 5.97 Å². The maximum atomic E-state index is 12.9. The van der Waals surface area contributed by atoms with Gasteiger partial charge in [-0.2, -0.15) is 5.10 Å². The Bertz CT molecular complexity index is 772. The maximum absolute atomic E-state index is 12.9.